The van der Waals surface area contributed by atoms with E-state index in [9.17, 15) is 14.0 Å². The predicted octanol–water partition coefficient (Wildman–Crippen LogP) is 0.498. The van der Waals surface area contributed by atoms with Crippen LogP contribution < -0.4 is 0 Å². The first-order valence-corrected chi connectivity index (χ1v) is 5.72. The molecule has 0 bridgehead atoms. The number of carbonyl (C=O) groups excluding carboxylic acids is 2. The second kappa shape index (κ2) is 5.06. The fraction of sp³-hybridized carbons (Fsp3) is 0.308. The Kier molecular flexibility index (Phi) is 3.47. The summed E-state index contributed by atoms with van der Waals surface area (Å²) in [4.78, 5) is 25.9. The van der Waals surface area contributed by atoms with Crippen molar-refractivity contribution >= 4 is 11.8 Å². The lowest BCUT2D eigenvalue weighted by Gasteiger charge is -2.31. The monoisotopic (exact) mass is 261 g/mol. The lowest BCUT2D eigenvalue weighted by molar-refractivity contribution is -0.149. The van der Waals surface area contributed by atoms with E-state index in [1.165, 1.54) is 21.9 Å². The molecule has 98 valence electrons. The SMILES string of the molecule is CN1CC(=O)N(Cc2cccc(C#N)c2F)CC1=O. The maximum absolute atomic E-state index is 13.9. The highest BCUT2D eigenvalue weighted by Gasteiger charge is 2.28. The molecule has 0 atom stereocenters. The van der Waals surface area contributed by atoms with Crippen molar-refractivity contribution in [2.24, 2.45) is 0 Å². The van der Waals surface area contributed by atoms with E-state index in [1.54, 1.807) is 19.2 Å². The van der Waals surface area contributed by atoms with Gasteiger partial charge in [0.05, 0.1) is 12.1 Å². The van der Waals surface area contributed by atoms with E-state index < -0.39 is 5.82 Å². The summed E-state index contributed by atoms with van der Waals surface area (Å²) >= 11 is 0. The van der Waals surface area contributed by atoms with Crippen LogP contribution in [0, 0.1) is 17.1 Å². The summed E-state index contributed by atoms with van der Waals surface area (Å²) in [6.45, 7) is -0.0658. The Morgan fingerprint density at radius 3 is 2.74 bits per heavy atom. The number of halogens is 1. The minimum absolute atomic E-state index is 0.000231. The highest BCUT2D eigenvalue weighted by Crippen LogP contribution is 2.16. The Hall–Kier alpha value is -2.42. The average Bonchev–Trinajstić information content (AvgIpc) is 2.38. The van der Waals surface area contributed by atoms with Crippen molar-refractivity contribution in [2.75, 3.05) is 20.1 Å². The molecule has 19 heavy (non-hydrogen) atoms. The van der Waals surface area contributed by atoms with Crippen LogP contribution in [0.15, 0.2) is 18.2 Å². The summed E-state index contributed by atoms with van der Waals surface area (Å²) in [5, 5.41) is 8.75. The van der Waals surface area contributed by atoms with Gasteiger partial charge in [0.25, 0.3) is 0 Å². The highest BCUT2D eigenvalue weighted by molar-refractivity contribution is 5.92. The Labute approximate surface area is 109 Å². The lowest BCUT2D eigenvalue weighted by atomic mass is 10.1. The number of carbonyl (C=O) groups is 2. The van der Waals surface area contributed by atoms with E-state index >= 15 is 0 Å². The Morgan fingerprint density at radius 1 is 1.32 bits per heavy atom. The topological polar surface area (TPSA) is 64.4 Å². The number of rotatable bonds is 2. The third-order valence-electron chi connectivity index (χ3n) is 3.04. The molecule has 0 unspecified atom stereocenters. The molecule has 1 heterocycles. The Balaban J connectivity index is 2.20. The van der Waals surface area contributed by atoms with Crippen LogP contribution in [0.25, 0.3) is 0 Å². The molecule has 2 amide bonds. The number of benzene rings is 1. The van der Waals surface area contributed by atoms with E-state index in [2.05, 4.69) is 0 Å². The predicted molar refractivity (Wildman–Crippen MR) is 64.2 cm³/mol. The van der Waals surface area contributed by atoms with E-state index in [-0.39, 0.29) is 42.6 Å². The number of likely N-dealkylation sites (N-methyl/N-ethyl adjacent to an activating group) is 1. The Bertz CT molecular complexity index is 580. The third-order valence-corrected chi connectivity index (χ3v) is 3.04. The summed E-state index contributed by atoms with van der Waals surface area (Å²) in [6.07, 6.45) is 0. The summed E-state index contributed by atoms with van der Waals surface area (Å²) < 4.78 is 13.9. The van der Waals surface area contributed by atoms with Crippen LogP contribution in [0.4, 0.5) is 4.39 Å². The molecule has 6 heteroatoms. The maximum Gasteiger partial charge on any atom is 0.242 e. The van der Waals surface area contributed by atoms with Gasteiger partial charge in [0.1, 0.15) is 18.4 Å². The molecule has 1 aliphatic heterocycles. The molecular formula is C13H12FN3O2. The van der Waals surface area contributed by atoms with Gasteiger partial charge in [-0.1, -0.05) is 12.1 Å². The lowest BCUT2D eigenvalue weighted by Crippen LogP contribution is -2.51. The van der Waals surface area contributed by atoms with E-state index in [0.717, 1.165) is 0 Å². The number of nitrogens with zero attached hydrogens (tertiary/aromatic N) is 3. The number of piperazine rings is 1. The first-order chi connectivity index (χ1) is 9.02. The van der Waals surface area contributed by atoms with Gasteiger partial charge in [0.15, 0.2) is 0 Å². The zero-order valence-corrected chi connectivity index (χ0v) is 10.4. The molecule has 2 rings (SSSR count). The highest BCUT2D eigenvalue weighted by atomic mass is 19.1. The van der Waals surface area contributed by atoms with Crippen LogP contribution in [0.2, 0.25) is 0 Å². The second-order valence-corrected chi connectivity index (χ2v) is 4.39. The number of amides is 2. The summed E-state index contributed by atoms with van der Waals surface area (Å²) in [5.74, 6) is -1.05. The fourth-order valence-corrected chi connectivity index (χ4v) is 1.90. The first kappa shape index (κ1) is 13.0. The molecule has 1 aromatic rings. The number of hydrogen-bond donors (Lipinski definition) is 0. The second-order valence-electron chi connectivity index (χ2n) is 4.39. The minimum Gasteiger partial charge on any atom is -0.335 e. The molecule has 0 aliphatic carbocycles. The molecule has 0 N–H and O–H groups in total. The van der Waals surface area contributed by atoms with Crippen molar-refractivity contribution in [2.45, 2.75) is 6.54 Å². The number of hydrogen-bond acceptors (Lipinski definition) is 3. The van der Waals surface area contributed by atoms with Gasteiger partial charge in [-0.3, -0.25) is 9.59 Å². The minimum atomic E-state index is -0.635. The molecule has 0 spiro atoms. The van der Waals surface area contributed by atoms with Gasteiger partial charge in [-0.15, -0.1) is 0 Å². The van der Waals surface area contributed by atoms with Crippen LogP contribution in [-0.4, -0.2) is 41.8 Å². The average molecular weight is 261 g/mol. The van der Waals surface area contributed by atoms with Crippen molar-refractivity contribution < 1.29 is 14.0 Å². The summed E-state index contributed by atoms with van der Waals surface area (Å²) in [6, 6.07) is 6.18. The van der Waals surface area contributed by atoms with Gasteiger partial charge in [-0.25, -0.2) is 4.39 Å². The first-order valence-electron chi connectivity index (χ1n) is 5.72. The van der Waals surface area contributed by atoms with Crippen LogP contribution in [0.3, 0.4) is 0 Å². The van der Waals surface area contributed by atoms with Gasteiger partial charge in [-0.05, 0) is 6.07 Å². The molecule has 0 radical (unpaired) electrons. The zero-order valence-electron chi connectivity index (χ0n) is 10.4. The van der Waals surface area contributed by atoms with E-state index in [4.69, 9.17) is 5.26 Å². The molecule has 1 saturated heterocycles. The summed E-state index contributed by atoms with van der Waals surface area (Å²) in [5.41, 5.74) is 0.176. The van der Waals surface area contributed by atoms with Crippen molar-refractivity contribution in [3.8, 4) is 6.07 Å². The van der Waals surface area contributed by atoms with Gasteiger partial charge < -0.3 is 9.80 Å². The third kappa shape index (κ3) is 2.55. The number of nitriles is 1. The molecule has 1 fully saturated rings. The van der Waals surface area contributed by atoms with Gasteiger partial charge in [0.2, 0.25) is 11.8 Å². The molecule has 0 saturated carbocycles. The normalized spacial score (nSPS) is 15.6. The zero-order chi connectivity index (χ0) is 14.0. The molecule has 0 aromatic heterocycles. The van der Waals surface area contributed by atoms with Crippen LogP contribution >= 0.6 is 0 Å². The Morgan fingerprint density at radius 2 is 2.05 bits per heavy atom. The van der Waals surface area contributed by atoms with E-state index in [1.807, 2.05) is 0 Å². The quantitative estimate of drug-likeness (QED) is 0.778. The molecule has 1 aromatic carbocycles. The summed E-state index contributed by atoms with van der Waals surface area (Å²) in [7, 11) is 1.55. The van der Waals surface area contributed by atoms with Gasteiger partial charge >= 0.3 is 0 Å². The van der Waals surface area contributed by atoms with Crippen molar-refractivity contribution in [1.82, 2.24) is 9.80 Å². The standard InChI is InChI=1S/C13H12FN3O2/c1-16-7-12(19)17(8-11(16)18)6-10-4-2-3-9(5-15)13(10)14/h2-4H,6-8H2,1H3. The molecule has 1 aliphatic rings. The van der Waals surface area contributed by atoms with Crippen molar-refractivity contribution in [3.63, 3.8) is 0 Å². The van der Waals surface area contributed by atoms with Crippen LogP contribution in [0.1, 0.15) is 11.1 Å². The smallest absolute Gasteiger partial charge is 0.242 e. The van der Waals surface area contributed by atoms with Crippen molar-refractivity contribution in [1.29, 1.82) is 5.26 Å². The molecule has 5 nitrogen and oxygen atoms in total. The largest absolute Gasteiger partial charge is 0.335 e. The van der Waals surface area contributed by atoms with Gasteiger partial charge in [-0.2, -0.15) is 5.26 Å². The van der Waals surface area contributed by atoms with Crippen LogP contribution in [0.5, 0.6) is 0 Å². The fourth-order valence-electron chi connectivity index (χ4n) is 1.90. The molecular weight excluding hydrogens is 249 g/mol. The van der Waals surface area contributed by atoms with Gasteiger partial charge in [0, 0.05) is 19.2 Å². The van der Waals surface area contributed by atoms with Crippen molar-refractivity contribution in [3.05, 3.63) is 35.1 Å². The van der Waals surface area contributed by atoms with Crippen LogP contribution in [-0.2, 0) is 16.1 Å². The maximum atomic E-state index is 13.9. The van der Waals surface area contributed by atoms with E-state index in [0.29, 0.717) is 0 Å².